The molecule has 0 saturated heterocycles. The Kier molecular flexibility index (Phi) is 6.24. The second kappa shape index (κ2) is 8.71. The number of benzene rings is 2. The molecule has 164 valence electrons. The fourth-order valence-corrected chi connectivity index (χ4v) is 2.90. The summed E-state index contributed by atoms with van der Waals surface area (Å²) >= 11 is 0. The highest BCUT2D eigenvalue weighted by molar-refractivity contribution is 6.05. The van der Waals surface area contributed by atoms with Crippen molar-refractivity contribution < 1.29 is 23.1 Å². The van der Waals surface area contributed by atoms with Gasteiger partial charge < -0.3 is 19.9 Å². The molecule has 1 aromatic heterocycles. The molecule has 0 spiro atoms. The quantitative estimate of drug-likeness (QED) is 0.588. The van der Waals surface area contributed by atoms with Crippen LogP contribution in [0.1, 0.15) is 48.9 Å². The van der Waals surface area contributed by atoms with Gasteiger partial charge in [0.1, 0.15) is 5.60 Å². The molecule has 2 amide bonds. The molecule has 3 rings (SSSR count). The standard InChI is InChI=1S/C22H24F2N4O3/c1-22(2,3)31-21(30)28(4)12-13-6-5-7-15(10-13)25-20(29)14-8-9-16-17(11-14)27-19(26-16)18(23)24/h5-11,18H,12H2,1-4H3,(H,25,29)(H,26,27). The predicted molar refractivity (Wildman–Crippen MR) is 113 cm³/mol. The van der Waals surface area contributed by atoms with Crippen molar-refractivity contribution in [3.8, 4) is 0 Å². The summed E-state index contributed by atoms with van der Waals surface area (Å²) in [6, 6.07) is 11.6. The van der Waals surface area contributed by atoms with Crippen LogP contribution in [-0.4, -0.2) is 39.5 Å². The summed E-state index contributed by atoms with van der Waals surface area (Å²) in [6.07, 6.45) is -3.16. The highest BCUT2D eigenvalue weighted by Gasteiger charge is 2.20. The number of fused-ring (bicyclic) bond motifs is 1. The van der Waals surface area contributed by atoms with Gasteiger partial charge in [0.05, 0.1) is 11.0 Å². The smallest absolute Gasteiger partial charge is 0.410 e. The molecule has 0 bridgehead atoms. The van der Waals surface area contributed by atoms with E-state index in [0.29, 0.717) is 28.8 Å². The van der Waals surface area contributed by atoms with E-state index in [1.165, 1.54) is 23.1 Å². The summed E-state index contributed by atoms with van der Waals surface area (Å²) in [7, 11) is 1.63. The molecule has 0 atom stereocenters. The second-order valence-electron chi connectivity index (χ2n) is 8.15. The number of nitrogens with one attached hydrogen (secondary N) is 2. The number of amides is 2. The van der Waals surface area contributed by atoms with Crippen molar-refractivity contribution in [1.29, 1.82) is 0 Å². The molecule has 0 aliphatic heterocycles. The number of anilines is 1. The van der Waals surface area contributed by atoms with Crippen molar-refractivity contribution in [2.45, 2.75) is 39.3 Å². The van der Waals surface area contributed by atoms with E-state index in [4.69, 9.17) is 4.74 Å². The molecule has 3 aromatic rings. The minimum atomic E-state index is -2.72. The Morgan fingerprint density at radius 3 is 2.61 bits per heavy atom. The highest BCUT2D eigenvalue weighted by atomic mass is 19.3. The van der Waals surface area contributed by atoms with Crippen LogP contribution in [0.25, 0.3) is 11.0 Å². The van der Waals surface area contributed by atoms with Crippen LogP contribution in [-0.2, 0) is 11.3 Å². The largest absolute Gasteiger partial charge is 0.444 e. The van der Waals surface area contributed by atoms with Gasteiger partial charge in [-0.2, -0.15) is 0 Å². The van der Waals surface area contributed by atoms with Crippen LogP contribution in [0.4, 0.5) is 19.3 Å². The number of halogens is 2. The summed E-state index contributed by atoms with van der Waals surface area (Å²) < 4.78 is 30.9. The van der Waals surface area contributed by atoms with Gasteiger partial charge >= 0.3 is 6.09 Å². The number of carbonyl (C=O) groups is 2. The number of aromatic amines is 1. The molecule has 0 unspecified atom stereocenters. The lowest BCUT2D eigenvalue weighted by Gasteiger charge is -2.24. The van der Waals surface area contributed by atoms with Gasteiger partial charge in [0.2, 0.25) is 0 Å². The van der Waals surface area contributed by atoms with Crippen LogP contribution in [0.3, 0.4) is 0 Å². The van der Waals surface area contributed by atoms with Gasteiger partial charge in [-0.3, -0.25) is 4.79 Å². The van der Waals surface area contributed by atoms with E-state index in [-0.39, 0.29) is 0 Å². The zero-order valence-electron chi connectivity index (χ0n) is 17.7. The number of alkyl halides is 2. The van der Waals surface area contributed by atoms with Gasteiger partial charge in [0.15, 0.2) is 5.82 Å². The van der Waals surface area contributed by atoms with E-state index < -0.39 is 29.9 Å². The number of rotatable bonds is 5. The van der Waals surface area contributed by atoms with Crippen molar-refractivity contribution in [1.82, 2.24) is 14.9 Å². The lowest BCUT2D eigenvalue weighted by molar-refractivity contribution is 0.0285. The molecule has 2 aromatic carbocycles. The average Bonchev–Trinajstić information content (AvgIpc) is 3.10. The Labute approximate surface area is 178 Å². The van der Waals surface area contributed by atoms with Crippen LogP contribution in [0.5, 0.6) is 0 Å². The van der Waals surface area contributed by atoms with Crippen molar-refractivity contribution >= 4 is 28.7 Å². The third-order valence-corrected chi connectivity index (χ3v) is 4.28. The number of carbonyl (C=O) groups excluding carboxylic acids is 2. The van der Waals surface area contributed by atoms with Crippen LogP contribution < -0.4 is 5.32 Å². The number of ether oxygens (including phenoxy) is 1. The zero-order valence-corrected chi connectivity index (χ0v) is 17.7. The van der Waals surface area contributed by atoms with Gasteiger partial charge in [0.25, 0.3) is 12.3 Å². The summed E-state index contributed by atoms with van der Waals surface area (Å²) in [5, 5.41) is 2.78. The van der Waals surface area contributed by atoms with Crippen LogP contribution >= 0.6 is 0 Å². The zero-order chi connectivity index (χ0) is 22.8. The van der Waals surface area contributed by atoms with Gasteiger partial charge in [-0.25, -0.2) is 18.6 Å². The maximum Gasteiger partial charge on any atom is 0.410 e. The number of H-pyrrole nitrogens is 1. The topological polar surface area (TPSA) is 87.3 Å². The minimum Gasteiger partial charge on any atom is -0.444 e. The van der Waals surface area contributed by atoms with Crippen molar-refractivity contribution in [3.63, 3.8) is 0 Å². The van der Waals surface area contributed by atoms with E-state index in [0.717, 1.165) is 5.56 Å². The Bertz CT molecular complexity index is 1110. The molecule has 1 heterocycles. The minimum absolute atomic E-state index is 0.299. The number of nitrogens with zero attached hydrogens (tertiary/aromatic N) is 2. The average molecular weight is 430 g/mol. The van der Waals surface area contributed by atoms with Gasteiger partial charge in [-0.1, -0.05) is 12.1 Å². The van der Waals surface area contributed by atoms with Crippen molar-refractivity contribution in [2.75, 3.05) is 12.4 Å². The Balaban J connectivity index is 1.69. The number of aromatic nitrogens is 2. The number of hydrogen-bond acceptors (Lipinski definition) is 4. The first-order valence-corrected chi connectivity index (χ1v) is 9.64. The maximum atomic E-state index is 12.8. The first-order chi connectivity index (χ1) is 14.5. The molecule has 0 saturated carbocycles. The van der Waals surface area contributed by atoms with Gasteiger partial charge in [-0.15, -0.1) is 0 Å². The monoisotopic (exact) mass is 430 g/mol. The second-order valence-corrected chi connectivity index (χ2v) is 8.15. The number of hydrogen-bond donors (Lipinski definition) is 2. The molecule has 0 fully saturated rings. The van der Waals surface area contributed by atoms with Crippen molar-refractivity contribution in [3.05, 3.63) is 59.4 Å². The number of imidazole rings is 1. The summed E-state index contributed by atoms with van der Waals surface area (Å²) in [6.45, 7) is 5.69. The SMILES string of the molecule is CN(Cc1cccc(NC(=O)c2ccc3nc(C(F)F)[nH]c3c2)c1)C(=O)OC(C)(C)C. The van der Waals surface area contributed by atoms with Gasteiger partial charge in [0, 0.05) is 24.8 Å². The lowest BCUT2D eigenvalue weighted by atomic mass is 10.1. The van der Waals surface area contributed by atoms with E-state index >= 15 is 0 Å². The predicted octanol–water partition coefficient (Wildman–Crippen LogP) is 5.12. The molecule has 0 aliphatic rings. The molecular weight excluding hydrogens is 406 g/mol. The lowest BCUT2D eigenvalue weighted by Crippen LogP contribution is -2.33. The fourth-order valence-electron chi connectivity index (χ4n) is 2.90. The van der Waals surface area contributed by atoms with Crippen LogP contribution in [0.2, 0.25) is 0 Å². The van der Waals surface area contributed by atoms with E-state index in [9.17, 15) is 18.4 Å². The molecule has 0 aliphatic carbocycles. The Morgan fingerprint density at radius 1 is 1.19 bits per heavy atom. The third-order valence-electron chi connectivity index (χ3n) is 4.28. The molecule has 31 heavy (non-hydrogen) atoms. The Morgan fingerprint density at radius 2 is 1.94 bits per heavy atom. The molecule has 9 heteroatoms. The van der Waals surface area contributed by atoms with Crippen LogP contribution in [0.15, 0.2) is 42.5 Å². The highest BCUT2D eigenvalue weighted by Crippen LogP contribution is 2.21. The third kappa shape index (κ3) is 5.78. The summed E-state index contributed by atoms with van der Waals surface area (Å²) in [4.78, 5) is 32.5. The van der Waals surface area contributed by atoms with Crippen molar-refractivity contribution in [2.24, 2.45) is 0 Å². The molecular formula is C22H24F2N4O3. The summed E-state index contributed by atoms with van der Waals surface area (Å²) in [5.41, 5.74) is 1.77. The molecule has 7 nitrogen and oxygen atoms in total. The van der Waals surface area contributed by atoms with E-state index in [1.54, 1.807) is 46.0 Å². The summed E-state index contributed by atoms with van der Waals surface area (Å²) in [5.74, 6) is -0.831. The first-order valence-electron chi connectivity index (χ1n) is 9.64. The van der Waals surface area contributed by atoms with E-state index in [1.807, 2.05) is 6.07 Å². The molecule has 0 radical (unpaired) electrons. The van der Waals surface area contributed by atoms with E-state index in [2.05, 4.69) is 15.3 Å². The fraction of sp³-hybridized carbons (Fsp3) is 0.318. The van der Waals surface area contributed by atoms with Crippen LogP contribution in [0, 0.1) is 0 Å². The Hall–Kier alpha value is -3.49. The maximum absolute atomic E-state index is 12.8. The first kappa shape index (κ1) is 22.2. The normalized spacial score (nSPS) is 11.6. The molecule has 2 N–H and O–H groups in total. The van der Waals surface area contributed by atoms with Gasteiger partial charge in [-0.05, 0) is 56.7 Å².